The van der Waals surface area contributed by atoms with Crippen LogP contribution in [0.2, 0.25) is 0 Å². The third kappa shape index (κ3) is 3.11. The molecule has 0 aliphatic heterocycles. The second-order valence-electron chi connectivity index (χ2n) is 4.77. The molecule has 21 heavy (non-hydrogen) atoms. The quantitative estimate of drug-likeness (QED) is 0.613. The topological polar surface area (TPSA) is 30.9 Å². The number of rotatable bonds is 3. The predicted molar refractivity (Wildman–Crippen MR) is 96.0 cm³/mol. The van der Waals surface area contributed by atoms with E-state index in [9.17, 15) is 4.39 Å². The summed E-state index contributed by atoms with van der Waals surface area (Å²) in [7, 11) is 0. The summed E-state index contributed by atoms with van der Waals surface area (Å²) in [6.07, 6.45) is -1.04. The van der Waals surface area contributed by atoms with Crippen LogP contribution in [0.3, 0.4) is 0 Å². The molecule has 112 valence electrons. The summed E-state index contributed by atoms with van der Waals surface area (Å²) >= 11 is 6.99. The van der Waals surface area contributed by atoms with Gasteiger partial charge in [-0.2, -0.15) is 0 Å². The van der Waals surface area contributed by atoms with Crippen LogP contribution in [0, 0.1) is 0 Å². The summed E-state index contributed by atoms with van der Waals surface area (Å²) in [5, 5.41) is 2.22. The smallest absolute Gasteiger partial charge is 0.130 e. The maximum absolute atomic E-state index is 13.7. The molecule has 3 aromatic rings. The second-order valence-corrected chi connectivity index (χ2v) is 6.60. The second kappa shape index (κ2) is 6.65. The van der Waals surface area contributed by atoms with Crippen LogP contribution in [-0.4, -0.2) is 17.3 Å². The highest BCUT2D eigenvalue weighted by atomic mass is 79.9. The first-order chi connectivity index (χ1) is 9.60. The van der Waals surface area contributed by atoms with E-state index in [4.69, 9.17) is 5.73 Å². The van der Waals surface area contributed by atoms with Gasteiger partial charge in [-0.05, 0) is 36.4 Å². The summed E-state index contributed by atoms with van der Waals surface area (Å²) in [6.45, 7) is 0.313. The number of aromatic nitrogens is 1. The predicted octanol–water partition coefficient (Wildman–Crippen LogP) is 5.04. The number of hydrogen-bond donors (Lipinski definition) is 1. The molecule has 0 saturated heterocycles. The van der Waals surface area contributed by atoms with Gasteiger partial charge >= 0.3 is 0 Å². The lowest BCUT2D eigenvalue weighted by atomic mass is 10.2. The average molecular weight is 437 g/mol. The lowest BCUT2D eigenvalue weighted by Crippen LogP contribution is -2.21. The van der Waals surface area contributed by atoms with Gasteiger partial charge < -0.3 is 10.3 Å². The van der Waals surface area contributed by atoms with Gasteiger partial charge in [0, 0.05) is 37.3 Å². The number of halogens is 4. The molecule has 0 aliphatic rings. The van der Waals surface area contributed by atoms with Crippen LogP contribution >= 0.6 is 44.3 Å². The first-order valence-electron chi connectivity index (χ1n) is 6.31. The molecule has 2 N–H and O–H groups in total. The van der Waals surface area contributed by atoms with Gasteiger partial charge in [0.25, 0.3) is 0 Å². The van der Waals surface area contributed by atoms with E-state index >= 15 is 0 Å². The van der Waals surface area contributed by atoms with Crippen molar-refractivity contribution in [1.82, 2.24) is 4.57 Å². The zero-order valence-electron chi connectivity index (χ0n) is 11.0. The van der Waals surface area contributed by atoms with E-state index in [1.807, 2.05) is 28.8 Å². The molecule has 0 radical (unpaired) electrons. The van der Waals surface area contributed by atoms with Gasteiger partial charge in [0.1, 0.15) is 6.17 Å². The van der Waals surface area contributed by atoms with Crippen molar-refractivity contribution in [2.45, 2.75) is 12.7 Å². The van der Waals surface area contributed by atoms with Crippen LogP contribution in [0.1, 0.15) is 0 Å². The SMILES string of the molecule is Cl.NCC(F)Cn1c2ccc(Br)cc2c2cc(Br)ccc21. The van der Waals surface area contributed by atoms with E-state index in [1.54, 1.807) is 0 Å². The van der Waals surface area contributed by atoms with Gasteiger partial charge in [0.15, 0.2) is 0 Å². The Bertz CT molecular complexity index is 729. The first-order valence-corrected chi connectivity index (χ1v) is 7.90. The molecule has 1 atom stereocenters. The van der Waals surface area contributed by atoms with Gasteiger partial charge in [-0.1, -0.05) is 31.9 Å². The molecule has 0 spiro atoms. The van der Waals surface area contributed by atoms with E-state index in [0.717, 1.165) is 30.8 Å². The molecule has 2 nitrogen and oxygen atoms in total. The van der Waals surface area contributed by atoms with Crippen molar-refractivity contribution in [3.8, 4) is 0 Å². The zero-order chi connectivity index (χ0) is 14.3. The molecule has 1 aromatic heterocycles. The van der Waals surface area contributed by atoms with Gasteiger partial charge in [-0.25, -0.2) is 4.39 Å². The van der Waals surface area contributed by atoms with Crippen molar-refractivity contribution in [3.05, 3.63) is 45.3 Å². The molecular formula is C15H14Br2ClFN2. The number of nitrogens with zero attached hydrogens (tertiary/aromatic N) is 1. The molecule has 0 amide bonds. The van der Waals surface area contributed by atoms with Crippen molar-refractivity contribution in [2.75, 3.05) is 6.54 Å². The van der Waals surface area contributed by atoms with Crippen molar-refractivity contribution >= 4 is 66.1 Å². The highest BCUT2D eigenvalue weighted by molar-refractivity contribution is 9.10. The molecule has 0 saturated carbocycles. The molecular weight excluding hydrogens is 422 g/mol. The highest BCUT2D eigenvalue weighted by Gasteiger charge is 2.14. The van der Waals surface area contributed by atoms with Crippen LogP contribution in [0.5, 0.6) is 0 Å². The Morgan fingerprint density at radius 3 is 1.90 bits per heavy atom. The zero-order valence-corrected chi connectivity index (χ0v) is 15.0. The Labute approximate surface area is 145 Å². The monoisotopic (exact) mass is 434 g/mol. The molecule has 0 bridgehead atoms. The number of alkyl halides is 1. The fourth-order valence-electron chi connectivity index (χ4n) is 2.52. The normalized spacial score (nSPS) is 12.6. The van der Waals surface area contributed by atoms with Crippen LogP contribution in [0.4, 0.5) is 4.39 Å². The molecule has 1 heterocycles. The Morgan fingerprint density at radius 2 is 1.48 bits per heavy atom. The number of nitrogens with two attached hydrogens (primary N) is 1. The van der Waals surface area contributed by atoms with E-state index in [-0.39, 0.29) is 25.5 Å². The van der Waals surface area contributed by atoms with Crippen LogP contribution < -0.4 is 5.73 Å². The van der Waals surface area contributed by atoms with Crippen molar-refractivity contribution < 1.29 is 4.39 Å². The number of fused-ring (bicyclic) bond motifs is 3. The Kier molecular flexibility index (Phi) is 5.30. The fraction of sp³-hybridized carbons (Fsp3) is 0.200. The van der Waals surface area contributed by atoms with Crippen LogP contribution in [-0.2, 0) is 6.54 Å². The largest absolute Gasteiger partial charge is 0.337 e. The minimum Gasteiger partial charge on any atom is -0.337 e. The van der Waals surface area contributed by atoms with Crippen LogP contribution in [0.15, 0.2) is 45.3 Å². The molecule has 0 aliphatic carbocycles. The van der Waals surface area contributed by atoms with Crippen LogP contribution in [0.25, 0.3) is 21.8 Å². The minimum atomic E-state index is -1.04. The van der Waals surface area contributed by atoms with E-state index < -0.39 is 6.17 Å². The maximum Gasteiger partial charge on any atom is 0.130 e. The van der Waals surface area contributed by atoms with Crippen molar-refractivity contribution in [1.29, 1.82) is 0 Å². The van der Waals surface area contributed by atoms with E-state index in [2.05, 4.69) is 44.0 Å². The standard InChI is InChI=1S/C15H13Br2FN2.ClH/c16-9-1-3-14-12(5-9)13-6-10(17)2-4-15(13)20(14)8-11(18)7-19;/h1-6,11H,7-8,19H2;1H. The molecule has 2 aromatic carbocycles. The Morgan fingerprint density at radius 1 is 1.00 bits per heavy atom. The minimum absolute atomic E-state index is 0. The fourth-order valence-corrected chi connectivity index (χ4v) is 3.24. The summed E-state index contributed by atoms with van der Waals surface area (Å²) in [5.74, 6) is 0. The average Bonchev–Trinajstić information content (AvgIpc) is 2.72. The summed E-state index contributed by atoms with van der Waals surface area (Å²) < 4.78 is 17.8. The maximum atomic E-state index is 13.7. The third-order valence-corrected chi connectivity index (χ3v) is 4.41. The van der Waals surface area contributed by atoms with Gasteiger partial charge in [0.2, 0.25) is 0 Å². The van der Waals surface area contributed by atoms with Gasteiger partial charge in [-0.3, -0.25) is 0 Å². The summed E-state index contributed by atoms with van der Waals surface area (Å²) in [4.78, 5) is 0. The number of hydrogen-bond acceptors (Lipinski definition) is 1. The van der Waals surface area contributed by atoms with Gasteiger partial charge in [-0.15, -0.1) is 12.4 Å². The number of benzene rings is 2. The Balaban J connectivity index is 0.00000161. The molecule has 6 heteroatoms. The first kappa shape index (κ1) is 16.7. The third-order valence-electron chi connectivity index (χ3n) is 3.43. The Hall–Kier alpha value is -0.620. The van der Waals surface area contributed by atoms with Gasteiger partial charge in [0.05, 0.1) is 6.54 Å². The van der Waals surface area contributed by atoms with E-state index in [1.165, 1.54) is 0 Å². The molecule has 0 fully saturated rings. The highest BCUT2D eigenvalue weighted by Crippen LogP contribution is 2.33. The summed E-state index contributed by atoms with van der Waals surface area (Å²) in [5.41, 5.74) is 7.47. The lowest BCUT2D eigenvalue weighted by Gasteiger charge is -2.10. The molecule has 1 unspecified atom stereocenters. The van der Waals surface area contributed by atoms with Crippen molar-refractivity contribution in [3.63, 3.8) is 0 Å². The lowest BCUT2D eigenvalue weighted by molar-refractivity contribution is 0.309. The summed E-state index contributed by atoms with van der Waals surface area (Å²) in [6, 6.07) is 12.1. The molecule has 3 rings (SSSR count). The van der Waals surface area contributed by atoms with E-state index in [0.29, 0.717) is 0 Å². The van der Waals surface area contributed by atoms with Crippen molar-refractivity contribution in [2.24, 2.45) is 5.73 Å².